The number of aliphatic carboxylic acids is 1. The summed E-state index contributed by atoms with van der Waals surface area (Å²) in [5.41, 5.74) is 0. The first-order valence-corrected chi connectivity index (χ1v) is 5.99. The summed E-state index contributed by atoms with van der Waals surface area (Å²) in [6.45, 7) is 3.90. The fraction of sp³-hybridized carbons (Fsp3) is 0.818. The third kappa shape index (κ3) is 4.60. The Kier molecular flexibility index (Phi) is 5.76. The SMILES string of the molecule is CCCCNC(=O)N1CCOCC1CC(=O)O. The van der Waals surface area contributed by atoms with E-state index in [2.05, 4.69) is 5.32 Å². The number of ether oxygens (including phenoxy) is 1. The monoisotopic (exact) mass is 244 g/mol. The molecule has 17 heavy (non-hydrogen) atoms. The van der Waals surface area contributed by atoms with Crippen LogP contribution in [0.25, 0.3) is 0 Å². The fourth-order valence-electron chi connectivity index (χ4n) is 1.77. The highest BCUT2D eigenvalue weighted by Crippen LogP contribution is 2.10. The molecule has 2 N–H and O–H groups in total. The van der Waals surface area contributed by atoms with E-state index in [1.54, 1.807) is 4.90 Å². The van der Waals surface area contributed by atoms with Crippen LogP contribution in [0.3, 0.4) is 0 Å². The average molecular weight is 244 g/mol. The van der Waals surface area contributed by atoms with Crippen molar-refractivity contribution in [1.29, 1.82) is 0 Å². The molecule has 98 valence electrons. The number of urea groups is 1. The third-order valence-corrected chi connectivity index (χ3v) is 2.71. The summed E-state index contributed by atoms with van der Waals surface area (Å²) in [4.78, 5) is 24.1. The number of unbranched alkanes of at least 4 members (excludes halogenated alkanes) is 1. The number of carbonyl (C=O) groups is 2. The Morgan fingerprint density at radius 3 is 2.94 bits per heavy atom. The number of rotatable bonds is 5. The Balaban J connectivity index is 2.45. The minimum Gasteiger partial charge on any atom is -0.481 e. The van der Waals surface area contributed by atoms with Crippen molar-refractivity contribution in [3.8, 4) is 0 Å². The van der Waals surface area contributed by atoms with Crippen molar-refractivity contribution >= 4 is 12.0 Å². The molecule has 1 unspecified atom stereocenters. The summed E-state index contributed by atoms with van der Waals surface area (Å²) >= 11 is 0. The Hall–Kier alpha value is -1.30. The van der Waals surface area contributed by atoms with Crippen LogP contribution < -0.4 is 5.32 Å². The second-order valence-electron chi connectivity index (χ2n) is 4.11. The Morgan fingerprint density at radius 2 is 2.29 bits per heavy atom. The van der Waals surface area contributed by atoms with E-state index in [0.29, 0.717) is 26.3 Å². The van der Waals surface area contributed by atoms with Crippen LogP contribution >= 0.6 is 0 Å². The van der Waals surface area contributed by atoms with Gasteiger partial charge in [-0.1, -0.05) is 13.3 Å². The molecule has 0 bridgehead atoms. The predicted molar refractivity (Wildman–Crippen MR) is 61.9 cm³/mol. The molecular weight excluding hydrogens is 224 g/mol. The maximum atomic E-state index is 11.8. The molecule has 1 aliphatic heterocycles. The molecule has 1 aliphatic rings. The van der Waals surface area contributed by atoms with Crippen molar-refractivity contribution in [1.82, 2.24) is 10.2 Å². The number of carboxylic acids is 1. The van der Waals surface area contributed by atoms with E-state index in [-0.39, 0.29) is 18.5 Å². The average Bonchev–Trinajstić information content (AvgIpc) is 2.29. The Bertz CT molecular complexity index is 270. The van der Waals surface area contributed by atoms with Crippen molar-refractivity contribution in [2.75, 3.05) is 26.3 Å². The van der Waals surface area contributed by atoms with Crippen LogP contribution in [0, 0.1) is 0 Å². The standard InChI is InChI=1S/C11H20N2O4/c1-2-3-4-12-11(16)13-5-6-17-8-9(13)7-10(14)15/h9H,2-8H2,1H3,(H,12,16)(H,14,15). The highest BCUT2D eigenvalue weighted by Gasteiger charge is 2.28. The zero-order chi connectivity index (χ0) is 12.7. The van der Waals surface area contributed by atoms with E-state index in [0.717, 1.165) is 12.8 Å². The Labute approximate surface area is 101 Å². The van der Waals surface area contributed by atoms with Crippen LogP contribution in [-0.2, 0) is 9.53 Å². The van der Waals surface area contributed by atoms with Crippen molar-refractivity contribution in [2.24, 2.45) is 0 Å². The van der Waals surface area contributed by atoms with Crippen molar-refractivity contribution < 1.29 is 19.4 Å². The van der Waals surface area contributed by atoms with E-state index in [4.69, 9.17) is 9.84 Å². The molecule has 0 aromatic heterocycles. The molecule has 0 aromatic rings. The second-order valence-corrected chi connectivity index (χ2v) is 4.11. The first-order valence-electron chi connectivity index (χ1n) is 5.99. The molecule has 0 spiro atoms. The zero-order valence-electron chi connectivity index (χ0n) is 10.1. The summed E-state index contributed by atoms with van der Waals surface area (Å²) < 4.78 is 5.20. The maximum absolute atomic E-state index is 11.8. The molecule has 6 nitrogen and oxygen atoms in total. The predicted octanol–water partition coefficient (Wildman–Crippen LogP) is 0.672. The lowest BCUT2D eigenvalue weighted by atomic mass is 10.1. The quantitative estimate of drug-likeness (QED) is 0.697. The lowest BCUT2D eigenvalue weighted by Gasteiger charge is -2.34. The second kappa shape index (κ2) is 7.11. The van der Waals surface area contributed by atoms with E-state index in [9.17, 15) is 9.59 Å². The van der Waals surface area contributed by atoms with Gasteiger partial charge in [-0.25, -0.2) is 4.79 Å². The lowest BCUT2D eigenvalue weighted by Crippen LogP contribution is -2.53. The number of hydrogen-bond donors (Lipinski definition) is 2. The van der Waals surface area contributed by atoms with Gasteiger partial charge in [-0.15, -0.1) is 0 Å². The van der Waals surface area contributed by atoms with Gasteiger partial charge in [0.25, 0.3) is 0 Å². The molecule has 1 heterocycles. The van der Waals surface area contributed by atoms with Crippen LogP contribution in [0.15, 0.2) is 0 Å². The highest BCUT2D eigenvalue weighted by molar-refractivity contribution is 5.76. The highest BCUT2D eigenvalue weighted by atomic mass is 16.5. The normalized spacial score (nSPS) is 20.1. The van der Waals surface area contributed by atoms with Gasteiger partial charge in [0.2, 0.25) is 0 Å². The number of hydrogen-bond acceptors (Lipinski definition) is 3. The van der Waals surface area contributed by atoms with Crippen LogP contribution in [0.1, 0.15) is 26.2 Å². The number of nitrogens with zero attached hydrogens (tertiary/aromatic N) is 1. The molecule has 0 aromatic carbocycles. The number of carboxylic acid groups (broad SMARTS) is 1. The maximum Gasteiger partial charge on any atom is 0.317 e. The lowest BCUT2D eigenvalue weighted by molar-refractivity contribution is -0.139. The van der Waals surface area contributed by atoms with Gasteiger partial charge in [-0.2, -0.15) is 0 Å². The van der Waals surface area contributed by atoms with Crippen LogP contribution in [0.4, 0.5) is 4.79 Å². The van der Waals surface area contributed by atoms with E-state index in [1.165, 1.54) is 0 Å². The van der Waals surface area contributed by atoms with Crippen molar-refractivity contribution in [3.63, 3.8) is 0 Å². The fourth-order valence-corrected chi connectivity index (χ4v) is 1.77. The molecule has 2 amide bonds. The van der Waals surface area contributed by atoms with E-state index < -0.39 is 5.97 Å². The Morgan fingerprint density at radius 1 is 1.53 bits per heavy atom. The number of amides is 2. The summed E-state index contributed by atoms with van der Waals surface area (Å²) in [5.74, 6) is -0.910. The van der Waals surface area contributed by atoms with E-state index in [1.807, 2.05) is 6.92 Å². The first kappa shape index (κ1) is 13.8. The minimum atomic E-state index is -0.910. The largest absolute Gasteiger partial charge is 0.481 e. The summed E-state index contributed by atoms with van der Waals surface area (Å²) in [6, 6.07) is -0.545. The van der Waals surface area contributed by atoms with Gasteiger partial charge < -0.3 is 20.1 Å². The summed E-state index contributed by atoms with van der Waals surface area (Å²) in [6.07, 6.45) is 1.88. The topological polar surface area (TPSA) is 78.9 Å². The van der Waals surface area contributed by atoms with Gasteiger partial charge in [0.15, 0.2) is 0 Å². The van der Waals surface area contributed by atoms with Crippen LogP contribution in [-0.4, -0.2) is 54.4 Å². The third-order valence-electron chi connectivity index (χ3n) is 2.71. The van der Waals surface area contributed by atoms with Crippen molar-refractivity contribution in [2.45, 2.75) is 32.2 Å². The number of carbonyl (C=O) groups excluding carboxylic acids is 1. The van der Waals surface area contributed by atoms with Gasteiger partial charge >= 0.3 is 12.0 Å². The van der Waals surface area contributed by atoms with Gasteiger partial charge in [-0.3, -0.25) is 4.79 Å². The molecule has 1 rings (SSSR count). The number of morpholine rings is 1. The van der Waals surface area contributed by atoms with E-state index >= 15 is 0 Å². The molecule has 0 saturated carbocycles. The number of nitrogens with one attached hydrogen (secondary N) is 1. The van der Waals surface area contributed by atoms with Crippen molar-refractivity contribution in [3.05, 3.63) is 0 Å². The summed E-state index contributed by atoms with van der Waals surface area (Å²) in [7, 11) is 0. The van der Waals surface area contributed by atoms with Gasteiger partial charge in [0.05, 0.1) is 25.7 Å². The van der Waals surface area contributed by atoms with Crippen LogP contribution in [0.2, 0.25) is 0 Å². The summed E-state index contributed by atoms with van der Waals surface area (Å²) in [5, 5.41) is 11.6. The van der Waals surface area contributed by atoms with Gasteiger partial charge in [0.1, 0.15) is 0 Å². The zero-order valence-corrected chi connectivity index (χ0v) is 10.1. The molecule has 1 saturated heterocycles. The molecule has 1 fully saturated rings. The van der Waals surface area contributed by atoms with Gasteiger partial charge in [0, 0.05) is 13.1 Å². The molecule has 0 radical (unpaired) electrons. The molecule has 0 aliphatic carbocycles. The minimum absolute atomic E-state index is 0.0683. The molecule has 6 heteroatoms. The van der Waals surface area contributed by atoms with Crippen LogP contribution in [0.5, 0.6) is 0 Å². The first-order chi connectivity index (χ1) is 8.15. The molecule has 1 atom stereocenters. The van der Waals surface area contributed by atoms with Gasteiger partial charge in [-0.05, 0) is 6.42 Å². The smallest absolute Gasteiger partial charge is 0.317 e. The molecular formula is C11H20N2O4.